The molecule has 2 N–H and O–H groups in total. The molecule has 1 aromatic carbocycles. The fraction of sp³-hybridized carbons (Fsp3) is 0.448. The molecule has 1 heterocycles. The van der Waals surface area contributed by atoms with E-state index in [-0.39, 0.29) is 37.1 Å². The summed E-state index contributed by atoms with van der Waals surface area (Å²) < 4.78 is 11.3. The van der Waals surface area contributed by atoms with Crippen molar-refractivity contribution in [2.24, 2.45) is 5.92 Å². The van der Waals surface area contributed by atoms with Gasteiger partial charge in [-0.1, -0.05) is 55.5 Å². The van der Waals surface area contributed by atoms with Crippen molar-refractivity contribution >= 4 is 12.0 Å². The van der Waals surface area contributed by atoms with Crippen LogP contribution in [0.3, 0.4) is 0 Å². The van der Waals surface area contributed by atoms with Crippen LogP contribution in [0.25, 0.3) is 0 Å². The number of carbonyl (C=O) groups is 2. The Hall–Kier alpha value is -3.32. The van der Waals surface area contributed by atoms with E-state index in [2.05, 4.69) is 43.6 Å². The Balaban J connectivity index is 1.37. The molecule has 7 nitrogen and oxygen atoms in total. The fourth-order valence-electron chi connectivity index (χ4n) is 4.90. The first-order valence-electron chi connectivity index (χ1n) is 12.9. The summed E-state index contributed by atoms with van der Waals surface area (Å²) in [5.74, 6) is 0.952. The van der Waals surface area contributed by atoms with Gasteiger partial charge in [-0.05, 0) is 56.4 Å². The molecule has 36 heavy (non-hydrogen) atoms. The molecule has 0 aromatic heterocycles. The molecule has 192 valence electrons. The van der Waals surface area contributed by atoms with E-state index in [1.54, 1.807) is 0 Å². The number of nitrogens with one attached hydrogen (secondary N) is 2. The maximum atomic E-state index is 13.8. The molecule has 0 spiro atoms. The summed E-state index contributed by atoms with van der Waals surface area (Å²) >= 11 is 0. The number of hydrogen-bond donors (Lipinski definition) is 2. The van der Waals surface area contributed by atoms with E-state index in [4.69, 9.17) is 9.47 Å². The summed E-state index contributed by atoms with van der Waals surface area (Å²) in [6.07, 6.45) is 9.73. The van der Waals surface area contributed by atoms with Crippen LogP contribution in [0, 0.1) is 5.92 Å². The molecule has 2 atom stereocenters. The van der Waals surface area contributed by atoms with Gasteiger partial charge >= 0.3 is 6.09 Å². The van der Waals surface area contributed by atoms with Crippen molar-refractivity contribution in [3.8, 4) is 0 Å². The van der Waals surface area contributed by atoms with E-state index in [1.807, 2.05) is 47.4 Å². The molecular formula is C29H37N3O4. The van der Waals surface area contributed by atoms with E-state index in [1.165, 1.54) is 0 Å². The maximum Gasteiger partial charge on any atom is 0.407 e. The Morgan fingerprint density at radius 2 is 2.03 bits per heavy atom. The molecule has 2 amide bonds. The zero-order chi connectivity index (χ0) is 25.5. The van der Waals surface area contributed by atoms with Gasteiger partial charge in [-0.2, -0.15) is 0 Å². The molecular weight excluding hydrogens is 454 g/mol. The van der Waals surface area contributed by atoms with Gasteiger partial charge in [-0.3, -0.25) is 4.79 Å². The van der Waals surface area contributed by atoms with Crippen LogP contribution in [0.2, 0.25) is 0 Å². The normalized spacial score (nSPS) is 21.0. The summed E-state index contributed by atoms with van der Waals surface area (Å²) in [5, 5.41) is 6.15. The SMILES string of the molecule is CC1C=CC2=C(OCCNC(=O)OCc3ccccc3)C=C(C(=O)N(C(C)C)[C@@H]3CCCNC3)C2=C1. The Morgan fingerprint density at radius 1 is 1.22 bits per heavy atom. The first-order valence-corrected chi connectivity index (χ1v) is 12.9. The monoisotopic (exact) mass is 491 g/mol. The highest BCUT2D eigenvalue weighted by Gasteiger charge is 2.35. The van der Waals surface area contributed by atoms with Gasteiger partial charge in [-0.15, -0.1) is 0 Å². The van der Waals surface area contributed by atoms with Crippen LogP contribution in [-0.4, -0.2) is 55.2 Å². The number of benzene rings is 1. The predicted molar refractivity (Wildman–Crippen MR) is 140 cm³/mol. The highest BCUT2D eigenvalue weighted by molar-refractivity contribution is 6.02. The highest BCUT2D eigenvalue weighted by Crippen LogP contribution is 2.38. The first kappa shape index (κ1) is 25.8. The maximum absolute atomic E-state index is 13.8. The smallest absolute Gasteiger partial charge is 0.407 e. The third-order valence-corrected chi connectivity index (χ3v) is 6.64. The van der Waals surface area contributed by atoms with Gasteiger partial charge in [0, 0.05) is 24.2 Å². The minimum atomic E-state index is -0.487. The number of hydrogen-bond acceptors (Lipinski definition) is 5. The van der Waals surface area contributed by atoms with Crippen LogP contribution >= 0.6 is 0 Å². The van der Waals surface area contributed by atoms with E-state index < -0.39 is 6.09 Å². The molecule has 0 bridgehead atoms. The fourth-order valence-corrected chi connectivity index (χ4v) is 4.90. The third-order valence-electron chi connectivity index (χ3n) is 6.64. The van der Waals surface area contributed by atoms with Crippen molar-refractivity contribution < 1.29 is 19.1 Å². The van der Waals surface area contributed by atoms with Crippen LogP contribution in [0.1, 0.15) is 39.2 Å². The van der Waals surface area contributed by atoms with Gasteiger partial charge in [0.2, 0.25) is 0 Å². The number of amides is 2. The molecule has 1 fully saturated rings. The topological polar surface area (TPSA) is 79.9 Å². The van der Waals surface area contributed by atoms with E-state index >= 15 is 0 Å². The zero-order valence-corrected chi connectivity index (χ0v) is 21.5. The number of alkyl carbamates (subject to hydrolysis) is 1. The highest BCUT2D eigenvalue weighted by atomic mass is 16.5. The minimum absolute atomic E-state index is 0.0474. The van der Waals surface area contributed by atoms with Gasteiger partial charge in [0.25, 0.3) is 5.91 Å². The van der Waals surface area contributed by atoms with Crippen molar-refractivity contribution in [2.75, 3.05) is 26.2 Å². The molecule has 7 heteroatoms. The van der Waals surface area contributed by atoms with Crippen molar-refractivity contribution in [1.82, 2.24) is 15.5 Å². The Morgan fingerprint density at radius 3 is 2.75 bits per heavy atom. The number of rotatable bonds is 9. The lowest BCUT2D eigenvalue weighted by molar-refractivity contribution is -0.131. The van der Waals surface area contributed by atoms with Crippen LogP contribution in [0.5, 0.6) is 0 Å². The van der Waals surface area contributed by atoms with Crippen LogP contribution in [0.15, 0.2) is 77.1 Å². The molecule has 1 aromatic rings. The minimum Gasteiger partial charge on any atom is -0.491 e. The van der Waals surface area contributed by atoms with E-state index in [0.717, 1.165) is 42.6 Å². The third kappa shape index (κ3) is 6.26. The Bertz CT molecular complexity index is 1070. The second kappa shape index (κ2) is 12.1. The predicted octanol–water partition coefficient (Wildman–Crippen LogP) is 4.24. The van der Waals surface area contributed by atoms with Crippen molar-refractivity contribution in [2.45, 2.75) is 52.3 Å². The van der Waals surface area contributed by atoms with Gasteiger partial charge in [0.15, 0.2) is 0 Å². The lowest BCUT2D eigenvalue weighted by Crippen LogP contribution is -2.52. The summed E-state index contributed by atoms with van der Waals surface area (Å²) in [6.45, 7) is 8.88. The molecule has 2 aliphatic carbocycles. The number of piperidine rings is 1. The molecule has 1 aliphatic heterocycles. The zero-order valence-electron chi connectivity index (χ0n) is 21.5. The molecule has 1 unspecified atom stereocenters. The standard InChI is InChI=1S/C29H37N3O4/c1-20(2)32(23-10-7-13-30-18-23)28(33)26-17-27(24-12-11-21(3)16-25(24)26)35-15-14-31-29(34)36-19-22-8-5-4-6-9-22/h4-6,8-9,11-12,16-17,20-21,23,30H,7,10,13-15,18-19H2,1-3H3,(H,31,34)/t21?,23-/m1/s1. The molecule has 0 radical (unpaired) electrons. The van der Waals surface area contributed by atoms with Crippen molar-refractivity contribution in [3.05, 3.63) is 82.7 Å². The van der Waals surface area contributed by atoms with Crippen LogP contribution in [-0.2, 0) is 20.9 Å². The number of ether oxygens (including phenoxy) is 2. The summed E-state index contributed by atoms with van der Waals surface area (Å²) in [6, 6.07) is 9.83. The molecule has 0 saturated carbocycles. The molecule has 4 rings (SSSR count). The average Bonchev–Trinajstić information content (AvgIpc) is 3.24. The summed E-state index contributed by atoms with van der Waals surface area (Å²) in [7, 11) is 0. The Kier molecular flexibility index (Phi) is 8.65. The summed E-state index contributed by atoms with van der Waals surface area (Å²) in [4.78, 5) is 27.8. The van der Waals surface area contributed by atoms with Crippen LogP contribution in [0.4, 0.5) is 4.79 Å². The Labute approximate surface area is 213 Å². The second-order valence-electron chi connectivity index (χ2n) is 9.78. The largest absolute Gasteiger partial charge is 0.491 e. The van der Waals surface area contributed by atoms with Gasteiger partial charge in [0.1, 0.15) is 19.0 Å². The lowest BCUT2D eigenvalue weighted by Gasteiger charge is -2.38. The van der Waals surface area contributed by atoms with Crippen molar-refractivity contribution in [1.29, 1.82) is 0 Å². The second-order valence-corrected chi connectivity index (χ2v) is 9.78. The number of nitrogens with zero attached hydrogens (tertiary/aromatic N) is 1. The quantitative estimate of drug-likeness (QED) is 0.505. The van der Waals surface area contributed by atoms with Gasteiger partial charge in [-0.25, -0.2) is 4.79 Å². The van der Waals surface area contributed by atoms with E-state index in [9.17, 15) is 9.59 Å². The molecule has 3 aliphatic rings. The van der Waals surface area contributed by atoms with Crippen molar-refractivity contribution in [3.63, 3.8) is 0 Å². The number of allylic oxidation sites excluding steroid dienone is 5. The first-order chi connectivity index (χ1) is 17.4. The van der Waals surface area contributed by atoms with Crippen LogP contribution < -0.4 is 10.6 Å². The number of fused-ring (bicyclic) bond motifs is 1. The lowest BCUT2D eigenvalue weighted by atomic mass is 9.91. The van der Waals surface area contributed by atoms with E-state index in [0.29, 0.717) is 17.9 Å². The number of carbonyl (C=O) groups excluding carboxylic acids is 2. The summed E-state index contributed by atoms with van der Waals surface area (Å²) in [5.41, 5.74) is 3.48. The average molecular weight is 492 g/mol. The van der Waals surface area contributed by atoms with Gasteiger partial charge in [0.05, 0.1) is 12.1 Å². The van der Waals surface area contributed by atoms with Gasteiger partial charge < -0.3 is 25.0 Å². The molecule has 1 saturated heterocycles.